The molecule has 6 nitrogen and oxygen atoms in total. The van der Waals surface area contributed by atoms with Gasteiger partial charge in [0.1, 0.15) is 5.82 Å². The van der Waals surface area contributed by atoms with Crippen LogP contribution >= 0.6 is 15.9 Å². The highest BCUT2D eigenvalue weighted by Gasteiger charge is 2.07. The highest BCUT2D eigenvalue weighted by Crippen LogP contribution is 2.20. The van der Waals surface area contributed by atoms with Gasteiger partial charge in [-0.15, -0.1) is 0 Å². The van der Waals surface area contributed by atoms with E-state index in [2.05, 4.69) is 41.4 Å². The van der Waals surface area contributed by atoms with E-state index in [-0.39, 0.29) is 5.95 Å². The van der Waals surface area contributed by atoms with E-state index in [1.54, 1.807) is 6.20 Å². The number of rotatable bonds is 3. The maximum atomic E-state index is 5.66. The van der Waals surface area contributed by atoms with Crippen LogP contribution in [0, 0.1) is 0 Å². The van der Waals surface area contributed by atoms with E-state index >= 15 is 0 Å². The standard InChI is InChI=1S/C12H11BrN6/c13-8-3-1-2-7(4-8)5-15-10-9-6-16-19-11(9)18-12(14)17-10/h1-4,6H,5H2,(H4,14,15,16,17,18,19). The Morgan fingerprint density at radius 2 is 2.21 bits per heavy atom. The third-order valence-electron chi connectivity index (χ3n) is 2.68. The minimum Gasteiger partial charge on any atom is -0.368 e. The number of nitrogens with one attached hydrogen (secondary N) is 2. The third-order valence-corrected chi connectivity index (χ3v) is 3.17. The smallest absolute Gasteiger partial charge is 0.224 e. The summed E-state index contributed by atoms with van der Waals surface area (Å²) < 4.78 is 1.04. The fourth-order valence-corrected chi connectivity index (χ4v) is 2.27. The Morgan fingerprint density at radius 3 is 3.05 bits per heavy atom. The molecular formula is C12H11BrN6. The lowest BCUT2D eigenvalue weighted by atomic mass is 10.2. The molecule has 2 aromatic heterocycles. The molecule has 0 aliphatic carbocycles. The van der Waals surface area contributed by atoms with Crippen LogP contribution in [0.25, 0.3) is 11.0 Å². The van der Waals surface area contributed by atoms with Crippen molar-refractivity contribution in [3.63, 3.8) is 0 Å². The molecule has 0 unspecified atom stereocenters. The maximum absolute atomic E-state index is 5.66. The highest BCUT2D eigenvalue weighted by molar-refractivity contribution is 9.10. The summed E-state index contributed by atoms with van der Waals surface area (Å²) in [6.45, 7) is 0.649. The van der Waals surface area contributed by atoms with E-state index in [1.165, 1.54) is 0 Å². The average molecular weight is 319 g/mol. The maximum Gasteiger partial charge on any atom is 0.224 e. The van der Waals surface area contributed by atoms with Crippen LogP contribution in [0.1, 0.15) is 5.56 Å². The van der Waals surface area contributed by atoms with E-state index in [0.717, 1.165) is 15.4 Å². The van der Waals surface area contributed by atoms with E-state index in [9.17, 15) is 0 Å². The summed E-state index contributed by atoms with van der Waals surface area (Å²) in [4.78, 5) is 8.26. The van der Waals surface area contributed by atoms with Crippen molar-refractivity contribution in [3.8, 4) is 0 Å². The van der Waals surface area contributed by atoms with Crippen LogP contribution in [-0.2, 0) is 6.54 Å². The lowest BCUT2D eigenvalue weighted by Crippen LogP contribution is -2.05. The Morgan fingerprint density at radius 1 is 1.32 bits per heavy atom. The van der Waals surface area contributed by atoms with E-state index in [4.69, 9.17) is 5.73 Å². The molecule has 0 amide bonds. The predicted molar refractivity (Wildman–Crippen MR) is 77.6 cm³/mol. The fourth-order valence-electron chi connectivity index (χ4n) is 1.82. The van der Waals surface area contributed by atoms with Crippen molar-refractivity contribution in [1.29, 1.82) is 0 Å². The van der Waals surface area contributed by atoms with Crippen molar-refractivity contribution in [3.05, 3.63) is 40.5 Å². The van der Waals surface area contributed by atoms with Crippen molar-refractivity contribution in [2.75, 3.05) is 11.1 Å². The summed E-state index contributed by atoms with van der Waals surface area (Å²) in [6.07, 6.45) is 1.68. The Kier molecular flexibility index (Phi) is 3.04. The minimum atomic E-state index is 0.216. The monoisotopic (exact) mass is 318 g/mol. The molecule has 0 aliphatic heterocycles. The third kappa shape index (κ3) is 2.50. The average Bonchev–Trinajstić information content (AvgIpc) is 2.84. The Labute approximate surface area is 117 Å². The van der Waals surface area contributed by atoms with Gasteiger partial charge in [-0.05, 0) is 17.7 Å². The first-order valence-electron chi connectivity index (χ1n) is 5.67. The van der Waals surface area contributed by atoms with Crippen LogP contribution in [-0.4, -0.2) is 20.2 Å². The van der Waals surface area contributed by atoms with Gasteiger partial charge in [-0.2, -0.15) is 15.1 Å². The summed E-state index contributed by atoms with van der Waals surface area (Å²) >= 11 is 3.45. The first-order valence-corrected chi connectivity index (χ1v) is 6.46. The van der Waals surface area contributed by atoms with Crippen molar-refractivity contribution < 1.29 is 0 Å². The van der Waals surface area contributed by atoms with Gasteiger partial charge in [0, 0.05) is 11.0 Å². The van der Waals surface area contributed by atoms with Gasteiger partial charge in [0.25, 0.3) is 0 Å². The number of aromatic amines is 1. The van der Waals surface area contributed by atoms with Crippen LogP contribution in [0.5, 0.6) is 0 Å². The van der Waals surface area contributed by atoms with E-state index in [0.29, 0.717) is 18.0 Å². The molecule has 0 atom stereocenters. The number of anilines is 2. The lowest BCUT2D eigenvalue weighted by molar-refractivity contribution is 1.08. The topological polar surface area (TPSA) is 92.5 Å². The van der Waals surface area contributed by atoms with E-state index in [1.807, 2.05) is 24.3 Å². The number of H-pyrrole nitrogens is 1. The van der Waals surface area contributed by atoms with Crippen LogP contribution < -0.4 is 11.1 Å². The number of nitrogens with two attached hydrogens (primary N) is 1. The molecule has 4 N–H and O–H groups in total. The number of hydrogen-bond donors (Lipinski definition) is 3. The van der Waals surface area contributed by atoms with Gasteiger partial charge in [0.05, 0.1) is 11.6 Å². The van der Waals surface area contributed by atoms with Gasteiger partial charge in [-0.25, -0.2) is 0 Å². The normalized spacial score (nSPS) is 10.8. The zero-order valence-corrected chi connectivity index (χ0v) is 11.5. The predicted octanol–water partition coefficient (Wildman–Crippen LogP) is 2.31. The lowest BCUT2D eigenvalue weighted by Gasteiger charge is -2.07. The molecule has 0 spiro atoms. The number of nitrogen functional groups attached to an aromatic ring is 1. The SMILES string of the molecule is Nc1nc(NCc2cccc(Br)c2)c2cn[nH]c2n1. The Bertz CT molecular complexity index is 723. The molecular weight excluding hydrogens is 308 g/mol. The summed E-state index contributed by atoms with van der Waals surface area (Å²) in [7, 11) is 0. The molecule has 0 radical (unpaired) electrons. The largest absolute Gasteiger partial charge is 0.368 e. The van der Waals surface area contributed by atoms with Crippen LogP contribution in [0.3, 0.4) is 0 Å². The van der Waals surface area contributed by atoms with Gasteiger partial charge in [-0.3, -0.25) is 5.10 Å². The van der Waals surface area contributed by atoms with Gasteiger partial charge < -0.3 is 11.1 Å². The van der Waals surface area contributed by atoms with Crippen LogP contribution in [0.4, 0.5) is 11.8 Å². The first-order chi connectivity index (χ1) is 9.22. The molecule has 1 aromatic carbocycles. The van der Waals surface area contributed by atoms with Gasteiger partial charge in [-0.1, -0.05) is 28.1 Å². The molecule has 3 rings (SSSR count). The van der Waals surface area contributed by atoms with Gasteiger partial charge >= 0.3 is 0 Å². The number of nitrogens with zero attached hydrogens (tertiary/aromatic N) is 3. The second-order valence-corrected chi connectivity index (χ2v) is 4.96. The zero-order valence-electron chi connectivity index (χ0n) is 9.89. The number of halogens is 1. The molecule has 0 aliphatic rings. The van der Waals surface area contributed by atoms with Crippen LogP contribution in [0.2, 0.25) is 0 Å². The molecule has 2 heterocycles. The Hall–Kier alpha value is -2.15. The number of benzene rings is 1. The van der Waals surface area contributed by atoms with E-state index < -0.39 is 0 Å². The minimum absolute atomic E-state index is 0.216. The number of fused-ring (bicyclic) bond motifs is 1. The molecule has 7 heteroatoms. The number of hydrogen-bond acceptors (Lipinski definition) is 5. The molecule has 3 aromatic rings. The van der Waals surface area contributed by atoms with Crippen molar-refractivity contribution in [2.24, 2.45) is 0 Å². The molecule has 0 bridgehead atoms. The Balaban J connectivity index is 1.87. The summed E-state index contributed by atoms with van der Waals surface area (Å²) in [5.41, 5.74) is 7.43. The second-order valence-electron chi connectivity index (χ2n) is 4.05. The molecule has 19 heavy (non-hydrogen) atoms. The first kappa shape index (κ1) is 11.9. The van der Waals surface area contributed by atoms with Gasteiger partial charge in [0.2, 0.25) is 5.95 Å². The van der Waals surface area contributed by atoms with Crippen molar-refractivity contribution in [2.45, 2.75) is 6.54 Å². The second kappa shape index (κ2) is 4.85. The van der Waals surface area contributed by atoms with Gasteiger partial charge in [0.15, 0.2) is 5.65 Å². The fraction of sp³-hybridized carbons (Fsp3) is 0.0833. The van der Waals surface area contributed by atoms with Crippen LogP contribution in [0.15, 0.2) is 34.9 Å². The summed E-state index contributed by atoms with van der Waals surface area (Å²) in [6, 6.07) is 8.06. The molecule has 0 saturated heterocycles. The summed E-state index contributed by atoms with van der Waals surface area (Å²) in [5.74, 6) is 0.893. The molecule has 96 valence electrons. The summed E-state index contributed by atoms with van der Waals surface area (Å²) in [5, 5.41) is 10.8. The van der Waals surface area contributed by atoms with Crippen molar-refractivity contribution >= 4 is 38.7 Å². The quantitative estimate of drug-likeness (QED) is 0.689. The highest BCUT2D eigenvalue weighted by atomic mass is 79.9. The van der Waals surface area contributed by atoms with Crippen molar-refractivity contribution in [1.82, 2.24) is 20.2 Å². The molecule has 0 saturated carbocycles. The number of aromatic nitrogens is 4. The zero-order chi connectivity index (χ0) is 13.2. The molecule has 0 fully saturated rings.